The van der Waals surface area contributed by atoms with Crippen LogP contribution >= 0.6 is 0 Å². The van der Waals surface area contributed by atoms with Crippen molar-refractivity contribution >= 4 is 0 Å². The second-order valence-corrected chi connectivity index (χ2v) is 4.53. The molecule has 0 bridgehead atoms. The van der Waals surface area contributed by atoms with Crippen molar-refractivity contribution in [3.05, 3.63) is 28.5 Å². The first-order valence-corrected chi connectivity index (χ1v) is 5.48. The zero-order chi connectivity index (χ0) is 10.8. The summed E-state index contributed by atoms with van der Waals surface area (Å²) < 4.78 is 1.78. The van der Waals surface area contributed by atoms with Crippen LogP contribution in [-0.4, -0.2) is 14.8 Å². The van der Waals surface area contributed by atoms with Crippen molar-refractivity contribution in [2.75, 3.05) is 0 Å². The number of H-pyrrole nitrogens is 1. The maximum absolute atomic E-state index is 11.6. The highest BCUT2D eigenvalue weighted by atomic mass is 16.1. The molecule has 82 valence electrons. The van der Waals surface area contributed by atoms with Crippen molar-refractivity contribution in [2.45, 2.75) is 39.2 Å². The molecule has 0 radical (unpaired) electrons. The fourth-order valence-electron chi connectivity index (χ4n) is 2.01. The standard InChI is InChI=1S/C11H17N3O/c1-8(2)7-14-10(12-13-11(14)15)9-5-3-4-6-9/h3-4,8-9H,5-7H2,1-2H3,(H,13,15). The molecule has 0 aliphatic heterocycles. The van der Waals surface area contributed by atoms with Crippen LogP contribution in [-0.2, 0) is 6.54 Å². The van der Waals surface area contributed by atoms with Crippen LogP contribution in [0.25, 0.3) is 0 Å². The van der Waals surface area contributed by atoms with E-state index in [4.69, 9.17) is 0 Å². The Morgan fingerprint density at radius 1 is 1.53 bits per heavy atom. The van der Waals surface area contributed by atoms with Crippen molar-refractivity contribution in [2.24, 2.45) is 5.92 Å². The molecule has 1 N–H and O–H groups in total. The molecule has 0 amide bonds. The second kappa shape index (κ2) is 4.04. The van der Waals surface area contributed by atoms with Crippen LogP contribution in [0.2, 0.25) is 0 Å². The Kier molecular flexibility index (Phi) is 2.75. The maximum Gasteiger partial charge on any atom is 0.343 e. The Morgan fingerprint density at radius 3 is 2.80 bits per heavy atom. The molecule has 0 unspecified atom stereocenters. The lowest BCUT2D eigenvalue weighted by Crippen LogP contribution is -2.22. The molecular formula is C11H17N3O. The molecule has 1 aliphatic rings. The molecule has 0 aromatic carbocycles. The molecule has 0 spiro atoms. The Morgan fingerprint density at radius 2 is 2.20 bits per heavy atom. The van der Waals surface area contributed by atoms with E-state index in [2.05, 4.69) is 36.2 Å². The van der Waals surface area contributed by atoms with E-state index in [1.54, 1.807) is 4.57 Å². The molecule has 4 nitrogen and oxygen atoms in total. The van der Waals surface area contributed by atoms with Gasteiger partial charge in [0.05, 0.1) is 0 Å². The third-order valence-electron chi connectivity index (χ3n) is 2.71. The quantitative estimate of drug-likeness (QED) is 0.766. The molecule has 1 aromatic rings. The Labute approximate surface area is 89.0 Å². The van der Waals surface area contributed by atoms with Gasteiger partial charge in [-0.25, -0.2) is 9.89 Å². The van der Waals surface area contributed by atoms with Crippen LogP contribution in [0.1, 0.15) is 38.4 Å². The first kappa shape index (κ1) is 10.2. The lowest BCUT2D eigenvalue weighted by molar-refractivity contribution is 0.481. The SMILES string of the molecule is CC(C)Cn1c(C2CC=CC2)n[nH]c1=O. The topological polar surface area (TPSA) is 50.7 Å². The highest BCUT2D eigenvalue weighted by molar-refractivity contribution is 5.08. The van der Waals surface area contributed by atoms with Gasteiger partial charge in [-0.1, -0.05) is 26.0 Å². The average Bonchev–Trinajstić information content (AvgIpc) is 2.76. The number of hydrogen-bond acceptors (Lipinski definition) is 2. The number of aromatic amines is 1. The van der Waals surface area contributed by atoms with Gasteiger partial charge in [0.1, 0.15) is 5.82 Å². The van der Waals surface area contributed by atoms with E-state index in [1.807, 2.05) is 0 Å². The van der Waals surface area contributed by atoms with Crippen LogP contribution < -0.4 is 5.69 Å². The first-order valence-electron chi connectivity index (χ1n) is 5.48. The van der Waals surface area contributed by atoms with Gasteiger partial charge in [-0.05, 0) is 18.8 Å². The van der Waals surface area contributed by atoms with Crippen LogP contribution in [0.4, 0.5) is 0 Å². The number of nitrogens with one attached hydrogen (secondary N) is 1. The highest BCUT2D eigenvalue weighted by Crippen LogP contribution is 2.27. The zero-order valence-electron chi connectivity index (χ0n) is 9.23. The van der Waals surface area contributed by atoms with Gasteiger partial charge in [0.2, 0.25) is 0 Å². The smallest absolute Gasteiger partial charge is 0.279 e. The Balaban J connectivity index is 2.27. The van der Waals surface area contributed by atoms with Gasteiger partial charge in [-0.3, -0.25) is 4.57 Å². The summed E-state index contributed by atoms with van der Waals surface area (Å²) in [6.45, 7) is 4.97. The predicted molar refractivity (Wildman–Crippen MR) is 58.8 cm³/mol. The van der Waals surface area contributed by atoms with E-state index < -0.39 is 0 Å². The summed E-state index contributed by atoms with van der Waals surface area (Å²) in [6, 6.07) is 0. The predicted octanol–water partition coefficient (Wildman–Crippen LogP) is 1.66. The molecule has 1 aromatic heterocycles. The van der Waals surface area contributed by atoms with Gasteiger partial charge in [-0.2, -0.15) is 5.10 Å². The summed E-state index contributed by atoms with van der Waals surface area (Å²) >= 11 is 0. The minimum Gasteiger partial charge on any atom is -0.279 e. The summed E-state index contributed by atoms with van der Waals surface area (Å²) in [5.41, 5.74) is -0.0781. The van der Waals surface area contributed by atoms with Gasteiger partial charge in [0, 0.05) is 12.5 Å². The van der Waals surface area contributed by atoms with Crippen molar-refractivity contribution in [3.63, 3.8) is 0 Å². The minimum atomic E-state index is -0.0781. The van der Waals surface area contributed by atoms with E-state index in [1.165, 1.54) is 0 Å². The number of nitrogens with zero attached hydrogens (tertiary/aromatic N) is 2. The fraction of sp³-hybridized carbons (Fsp3) is 0.636. The Hall–Kier alpha value is -1.32. The van der Waals surface area contributed by atoms with Gasteiger partial charge in [-0.15, -0.1) is 0 Å². The number of hydrogen-bond donors (Lipinski definition) is 1. The fourth-order valence-corrected chi connectivity index (χ4v) is 2.01. The van der Waals surface area contributed by atoms with E-state index in [0.29, 0.717) is 11.8 Å². The first-order chi connectivity index (χ1) is 7.18. The van der Waals surface area contributed by atoms with Gasteiger partial charge >= 0.3 is 5.69 Å². The summed E-state index contributed by atoms with van der Waals surface area (Å²) in [5.74, 6) is 1.77. The van der Waals surface area contributed by atoms with Crippen molar-refractivity contribution in [3.8, 4) is 0 Å². The monoisotopic (exact) mass is 207 g/mol. The molecule has 0 atom stereocenters. The summed E-state index contributed by atoms with van der Waals surface area (Å²) in [4.78, 5) is 11.6. The molecule has 0 saturated heterocycles. The molecular weight excluding hydrogens is 190 g/mol. The van der Waals surface area contributed by atoms with Gasteiger partial charge in [0.25, 0.3) is 0 Å². The summed E-state index contributed by atoms with van der Waals surface area (Å²) in [7, 11) is 0. The highest BCUT2D eigenvalue weighted by Gasteiger charge is 2.20. The number of aromatic nitrogens is 3. The van der Waals surface area contributed by atoms with Gasteiger partial charge < -0.3 is 0 Å². The number of allylic oxidation sites excluding steroid dienone is 2. The van der Waals surface area contributed by atoms with Crippen molar-refractivity contribution in [1.82, 2.24) is 14.8 Å². The van der Waals surface area contributed by atoms with E-state index in [0.717, 1.165) is 25.2 Å². The van der Waals surface area contributed by atoms with Crippen LogP contribution in [0.3, 0.4) is 0 Å². The summed E-state index contributed by atoms with van der Waals surface area (Å²) in [5, 5.41) is 6.69. The lowest BCUT2D eigenvalue weighted by atomic mass is 10.1. The third kappa shape index (κ3) is 2.03. The lowest BCUT2D eigenvalue weighted by Gasteiger charge is -2.12. The summed E-state index contributed by atoms with van der Waals surface area (Å²) in [6.07, 6.45) is 6.32. The maximum atomic E-state index is 11.6. The van der Waals surface area contributed by atoms with E-state index in [9.17, 15) is 4.79 Å². The van der Waals surface area contributed by atoms with Crippen LogP contribution in [0, 0.1) is 5.92 Å². The normalized spacial score (nSPS) is 16.7. The minimum absolute atomic E-state index is 0.0781. The molecule has 4 heteroatoms. The van der Waals surface area contributed by atoms with Crippen molar-refractivity contribution in [1.29, 1.82) is 0 Å². The van der Waals surface area contributed by atoms with Crippen molar-refractivity contribution < 1.29 is 0 Å². The van der Waals surface area contributed by atoms with Crippen LogP contribution in [0.5, 0.6) is 0 Å². The molecule has 2 rings (SSSR count). The second-order valence-electron chi connectivity index (χ2n) is 4.53. The third-order valence-corrected chi connectivity index (χ3v) is 2.71. The largest absolute Gasteiger partial charge is 0.343 e. The molecule has 0 fully saturated rings. The van der Waals surface area contributed by atoms with E-state index >= 15 is 0 Å². The Bertz CT molecular complexity index is 406. The van der Waals surface area contributed by atoms with E-state index in [-0.39, 0.29) is 5.69 Å². The average molecular weight is 207 g/mol. The molecule has 0 saturated carbocycles. The molecule has 15 heavy (non-hydrogen) atoms. The molecule has 1 aliphatic carbocycles. The van der Waals surface area contributed by atoms with Gasteiger partial charge in [0.15, 0.2) is 0 Å². The number of rotatable bonds is 3. The zero-order valence-corrected chi connectivity index (χ0v) is 9.23. The molecule has 1 heterocycles. The van der Waals surface area contributed by atoms with Crippen LogP contribution in [0.15, 0.2) is 16.9 Å².